The van der Waals surface area contributed by atoms with Gasteiger partial charge in [-0.1, -0.05) is 51.4 Å². The summed E-state index contributed by atoms with van der Waals surface area (Å²) in [6.45, 7) is 8.51. The van der Waals surface area contributed by atoms with Gasteiger partial charge in [-0.25, -0.2) is 4.79 Å². The molecule has 0 saturated heterocycles. The maximum Gasteiger partial charge on any atom is 0.329 e. The molecule has 0 aliphatic rings. The van der Waals surface area contributed by atoms with Crippen LogP contribution in [0.1, 0.15) is 50.7 Å². The largest absolute Gasteiger partial charge is 0.454 e. The number of nitro groups is 1. The minimum Gasteiger partial charge on any atom is -0.454 e. The summed E-state index contributed by atoms with van der Waals surface area (Å²) in [6.07, 6.45) is 0. The number of amides is 2. The van der Waals surface area contributed by atoms with Crippen molar-refractivity contribution in [1.29, 1.82) is 0 Å². The molecular formula is C21H25ClN4O7. The second-order valence-corrected chi connectivity index (χ2v) is 9.01. The number of hydrogen-bond donors (Lipinski definition) is 2. The number of esters is 1. The second-order valence-electron chi connectivity index (χ2n) is 8.60. The summed E-state index contributed by atoms with van der Waals surface area (Å²) in [7, 11) is 0. The monoisotopic (exact) mass is 480 g/mol. The van der Waals surface area contributed by atoms with Crippen molar-refractivity contribution in [3.63, 3.8) is 0 Å². The van der Waals surface area contributed by atoms with Gasteiger partial charge in [-0.15, -0.1) is 0 Å². The van der Waals surface area contributed by atoms with Crippen molar-refractivity contribution < 1.29 is 28.6 Å². The molecule has 1 aromatic carbocycles. The Bertz CT molecular complexity index is 1060. The number of nitro benzene ring substituents is 1. The lowest BCUT2D eigenvalue weighted by Gasteiger charge is -2.20. The smallest absolute Gasteiger partial charge is 0.329 e. The van der Waals surface area contributed by atoms with Crippen LogP contribution in [0.3, 0.4) is 0 Å². The maximum absolute atomic E-state index is 12.5. The molecule has 33 heavy (non-hydrogen) atoms. The number of carbonyl (C=O) groups excluding carboxylic acids is 3. The van der Waals surface area contributed by atoms with Crippen molar-refractivity contribution in [3.8, 4) is 0 Å². The Morgan fingerprint density at radius 1 is 1.24 bits per heavy atom. The van der Waals surface area contributed by atoms with Crippen LogP contribution < -0.4 is 10.6 Å². The fourth-order valence-electron chi connectivity index (χ4n) is 2.60. The molecule has 2 N–H and O–H groups in total. The molecule has 0 spiro atoms. The van der Waals surface area contributed by atoms with E-state index in [1.807, 2.05) is 20.8 Å². The summed E-state index contributed by atoms with van der Waals surface area (Å²) < 4.78 is 10.1. The van der Waals surface area contributed by atoms with Gasteiger partial charge in [-0.3, -0.25) is 25.0 Å². The molecule has 2 rings (SSSR count). The van der Waals surface area contributed by atoms with Crippen LogP contribution in [0.5, 0.6) is 0 Å². The van der Waals surface area contributed by atoms with Gasteiger partial charge in [-0.2, -0.15) is 0 Å². The molecule has 178 valence electrons. The van der Waals surface area contributed by atoms with Crippen LogP contribution in [0.4, 0.5) is 11.6 Å². The minimum absolute atomic E-state index is 0.0535. The number of rotatable bonds is 8. The van der Waals surface area contributed by atoms with Crippen molar-refractivity contribution in [1.82, 2.24) is 10.5 Å². The highest BCUT2D eigenvalue weighted by atomic mass is 35.5. The number of nitrogens with one attached hydrogen (secondary N) is 2. The van der Waals surface area contributed by atoms with Gasteiger partial charge < -0.3 is 14.6 Å². The molecule has 1 aromatic heterocycles. The number of nitrogens with zero attached hydrogens (tertiary/aromatic N) is 2. The Morgan fingerprint density at radius 3 is 2.45 bits per heavy atom. The van der Waals surface area contributed by atoms with Gasteiger partial charge in [0.2, 0.25) is 5.88 Å². The number of ether oxygens (including phenoxy) is 1. The van der Waals surface area contributed by atoms with Crippen LogP contribution in [0.25, 0.3) is 0 Å². The Hall–Kier alpha value is -3.47. The number of benzene rings is 1. The van der Waals surface area contributed by atoms with Gasteiger partial charge >= 0.3 is 5.97 Å². The molecule has 0 unspecified atom stereocenters. The quantitative estimate of drug-likeness (QED) is 0.330. The summed E-state index contributed by atoms with van der Waals surface area (Å²) >= 11 is 5.76. The summed E-state index contributed by atoms with van der Waals surface area (Å²) in [5, 5.41) is 19.7. The van der Waals surface area contributed by atoms with E-state index in [9.17, 15) is 24.5 Å². The third-order valence-corrected chi connectivity index (χ3v) is 4.82. The lowest BCUT2D eigenvalue weighted by Crippen LogP contribution is -2.45. The number of hydrogen-bond acceptors (Lipinski definition) is 8. The number of anilines is 1. The van der Waals surface area contributed by atoms with Gasteiger partial charge in [-0.05, 0) is 18.1 Å². The first kappa shape index (κ1) is 25.8. The van der Waals surface area contributed by atoms with Gasteiger partial charge in [0.15, 0.2) is 6.61 Å². The highest BCUT2D eigenvalue weighted by molar-refractivity contribution is 6.32. The van der Waals surface area contributed by atoms with Gasteiger partial charge in [0.25, 0.3) is 17.5 Å². The first-order valence-corrected chi connectivity index (χ1v) is 10.4. The van der Waals surface area contributed by atoms with E-state index in [4.69, 9.17) is 20.9 Å². The molecule has 0 aliphatic carbocycles. The fraction of sp³-hybridized carbons (Fsp3) is 0.429. The van der Waals surface area contributed by atoms with Crippen LogP contribution in [-0.4, -0.2) is 40.5 Å². The molecule has 0 fully saturated rings. The van der Waals surface area contributed by atoms with Crippen LogP contribution in [-0.2, 0) is 19.7 Å². The highest BCUT2D eigenvalue weighted by Gasteiger charge is 2.28. The van der Waals surface area contributed by atoms with E-state index in [1.165, 1.54) is 12.1 Å². The van der Waals surface area contributed by atoms with Crippen LogP contribution in [0.15, 0.2) is 28.8 Å². The summed E-state index contributed by atoms with van der Waals surface area (Å²) in [6, 6.07) is 4.00. The average Bonchev–Trinajstić information content (AvgIpc) is 3.18. The molecule has 0 saturated carbocycles. The summed E-state index contributed by atoms with van der Waals surface area (Å²) in [5.41, 5.74) is -0.125. The van der Waals surface area contributed by atoms with E-state index in [0.29, 0.717) is 5.69 Å². The normalized spacial score (nSPS) is 12.2. The summed E-state index contributed by atoms with van der Waals surface area (Å²) in [4.78, 5) is 47.4. The molecule has 2 amide bonds. The Morgan fingerprint density at radius 2 is 1.91 bits per heavy atom. The molecular weight excluding hydrogens is 456 g/mol. The van der Waals surface area contributed by atoms with E-state index >= 15 is 0 Å². The van der Waals surface area contributed by atoms with Crippen molar-refractivity contribution >= 4 is 41.0 Å². The summed E-state index contributed by atoms with van der Waals surface area (Å²) in [5.74, 6) is -2.51. The van der Waals surface area contributed by atoms with Crippen molar-refractivity contribution in [2.45, 2.75) is 46.1 Å². The van der Waals surface area contributed by atoms with E-state index < -0.39 is 47.0 Å². The predicted octanol–water partition coefficient (Wildman–Crippen LogP) is 3.47. The maximum atomic E-state index is 12.5. The molecule has 0 radical (unpaired) electrons. The molecule has 11 nitrogen and oxygen atoms in total. The predicted molar refractivity (Wildman–Crippen MR) is 119 cm³/mol. The standard InChI is InChI=1S/C21H25ClN4O7/c1-11(2)18(24-19(28)12-6-7-13(22)14(8-12)26(30)31)20(29)32-10-16(27)23-17-9-15(25-33-17)21(3,4)5/h6-9,11,18H,10H2,1-5H3,(H,23,27)(H,24,28)/t18-/m0/s1. The van der Waals surface area contributed by atoms with Crippen LogP contribution in [0, 0.1) is 16.0 Å². The van der Waals surface area contributed by atoms with Crippen molar-refractivity contribution in [2.24, 2.45) is 5.92 Å². The second kappa shape index (κ2) is 10.4. The zero-order chi connectivity index (χ0) is 24.9. The van der Waals surface area contributed by atoms with Crippen LogP contribution in [0.2, 0.25) is 5.02 Å². The molecule has 1 atom stereocenters. The first-order valence-electron chi connectivity index (χ1n) is 9.98. The third kappa shape index (κ3) is 7.01. The first-order chi connectivity index (χ1) is 15.3. The Labute approximate surface area is 194 Å². The highest BCUT2D eigenvalue weighted by Crippen LogP contribution is 2.25. The molecule has 12 heteroatoms. The molecule has 2 aromatic rings. The topological polar surface area (TPSA) is 154 Å². The van der Waals surface area contributed by atoms with Gasteiger partial charge in [0.1, 0.15) is 11.1 Å². The Kier molecular flexibility index (Phi) is 8.15. The lowest BCUT2D eigenvalue weighted by molar-refractivity contribution is -0.384. The molecule has 0 bridgehead atoms. The van der Waals surface area contributed by atoms with Gasteiger partial charge in [0.05, 0.1) is 10.6 Å². The number of aromatic nitrogens is 1. The molecule has 1 heterocycles. The van der Waals surface area contributed by atoms with E-state index in [0.717, 1.165) is 6.07 Å². The van der Waals surface area contributed by atoms with Crippen molar-refractivity contribution in [3.05, 3.63) is 50.7 Å². The van der Waals surface area contributed by atoms with Crippen LogP contribution >= 0.6 is 11.6 Å². The van der Waals surface area contributed by atoms with E-state index in [-0.39, 0.29) is 21.9 Å². The number of halogens is 1. The zero-order valence-corrected chi connectivity index (χ0v) is 19.6. The Balaban J connectivity index is 1.99. The van der Waals surface area contributed by atoms with Gasteiger partial charge in [0, 0.05) is 23.1 Å². The third-order valence-electron chi connectivity index (χ3n) is 4.50. The zero-order valence-electron chi connectivity index (χ0n) is 18.8. The minimum atomic E-state index is -1.10. The van der Waals surface area contributed by atoms with Crippen molar-refractivity contribution in [2.75, 3.05) is 11.9 Å². The van der Waals surface area contributed by atoms with E-state index in [1.54, 1.807) is 19.9 Å². The SMILES string of the molecule is CC(C)[C@H](NC(=O)c1ccc(Cl)c([N+](=O)[O-])c1)C(=O)OCC(=O)Nc1cc(C(C)(C)C)no1. The average molecular weight is 481 g/mol. The molecule has 0 aliphatic heterocycles. The fourth-order valence-corrected chi connectivity index (χ4v) is 2.79. The van der Waals surface area contributed by atoms with E-state index in [2.05, 4.69) is 15.8 Å². The number of carbonyl (C=O) groups is 3. The lowest BCUT2D eigenvalue weighted by atomic mass is 9.92.